The number of thiazole rings is 1. The second-order valence-electron chi connectivity index (χ2n) is 8.41. The highest BCUT2D eigenvalue weighted by molar-refractivity contribution is 7.09. The van der Waals surface area contributed by atoms with Crippen LogP contribution < -0.4 is 14.5 Å². The molecule has 0 bridgehead atoms. The van der Waals surface area contributed by atoms with Gasteiger partial charge in [-0.3, -0.25) is 9.78 Å². The van der Waals surface area contributed by atoms with E-state index < -0.39 is 11.7 Å². The van der Waals surface area contributed by atoms with Crippen molar-refractivity contribution in [3.8, 4) is 11.6 Å². The summed E-state index contributed by atoms with van der Waals surface area (Å²) in [6.07, 6.45) is -0.281. The number of aromatic hydroxyl groups is 1. The van der Waals surface area contributed by atoms with Gasteiger partial charge in [0.15, 0.2) is 0 Å². The fourth-order valence-electron chi connectivity index (χ4n) is 4.68. The van der Waals surface area contributed by atoms with Crippen LogP contribution >= 0.6 is 11.3 Å². The molecule has 2 unspecified atom stereocenters. The van der Waals surface area contributed by atoms with E-state index in [1.165, 1.54) is 6.07 Å². The monoisotopic (exact) mass is 477 g/mol. The first kappa shape index (κ1) is 21.8. The molecule has 2 aromatic heterocycles. The predicted octanol–water partition coefficient (Wildman–Crippen LogP) is 4.68. The van der Waals surface area contributed by atoms with Crippen LogP contribution in [0.4, 0.5) is 19.0 Å². The summed E-state index contributed by atoms with van der Waals surface area (Å²) in [7, 11) is 0. The third-order valence-electron chi connectivity index (χ3n) is 6.25. The molecule has 10 heteroatoms. The lowest BCUT2D eigenvalue weighted by atomic mass is 10.00. The van der Waals surface area contributed by atoms with Crippen LogP contribution in [0, 0.1) is 0 Å². The van der Waals surface area contributed by atoms with E-state index in [0.717, 1.165) is 66.2 Å². The highest BCUT2D eigenvalue weighted by atomic mass is 32.1. The molecule has 6 nitrogen and oxygen atoms in total. The number of hydrogen-bond donors (Lipinski definition) is 2. The largest absolute Gasteiger partial charge is 0.494 e. The van der Waals surface area contributed by atoms with Crippen molar-refractivity contribution in [3.63, 3.8) is 0 Å². The number of alkyl halides is 3. The molecule has 1 aliphatic carbocycles. The van der Waals surface area contributed by atoms with Gasteiger partial charge in [0.25, 0.3) is 0 Å². The van der Waals surface area contributed by atoms with Crippen molar-refractivity contribution < 1.29 is 23.0 Å². The van der Waals surface area contributed by atoms with Gasteiger partial charge in [-0.2, -0.15) is 13.2 Å². The van der Waals surface area contributed by atoms with Crippen LogP contribution in [-0.2, 0) is 12.6 Å². The highest BCUT2D eigenvalue weighted by Gasteiger charge is 2.32. The second-order valence-corrected chi connectivity index (χ2v) is 9.42. The standard InChI is InChI=1S/C23H22F3N3O3S/c24-23(25,26)14-4-8-19(27-11-14)29-9-1-2-16(12-29)32-15-5-7-17-13(10-15)3-6-18(17)20-21(30)28-22(31)33-20/h4-5,7-8,10-11,16,18,30H,1-3,6,9,12H2,(H,28,31). The molecule has 2 atom stereocenters. The summed E-state index contributed by atoms with van der Waals surface area (Å²) >= 11 is 1.04. The molecule has 0 spiro atoms. The summed E-state index contributed by atoms with van der Waals surface area (Å²) in [6, 6.07) is 8.37. The lowest BCUT2D eigenvalue weighted by Gasteiger charge is -2.33. The molecule has 3 heterocycles. The normalized spacial score (nSPS) is 20.6. The molecule has 174 valence electrons. The van der Waals surface area contributed by atoms with Gasteiger partial charge in [-0.1, -0.05) is 17.4 Å². The number of nitrogens with one attached hydrogen (secondary N) is 1. The van der Waals surface area contributed by atoms with Gasteiger partial charge in [-0.25, -0.2) is 4.98 Å². The molecule has 0 radical (unpaired) electrons. The molecule has 2 aliphatic rings. The minimum atomic E-state index is -4.40. The molecular weight excluding hydrogens is 455 g/mol. The van der Waals surface area contributed by atoms with E-state index >= 15 is 0 Å². The summed E-state index contributed by atoms with van der Waals surface area (Å²) in [5, 5.41) is 10.0. The SMILES string of the molecule is O=c1[nH]c(O)c(C2CCc3cc(OC4CCCN(c5ccc(C(F)(F)F)cn5)C4)ccc32)s1. The van der Waals surface area contributed by atoms with Crippen LogP contribution in [0.3, 0.4) is 0 Å². The first-order valence-corrected chi connectivity index (χ1v) is 11.6. The van der Waals surface area contributed by atoms with Gasteiger partial charge >= 0.3 is 11.0 Å². The Kier molecular flexibility index (Phi) is 5.55. The average molecular weight is 478 g/mol. The summed E-state index contributed by atoms with van der Waals surface area (Å²) in [4.78, 5) is 20.4. The topological polar surface area (TPSA) is 78.5 Å². The average Bonchev–Trinajstić information content (AvgIpc) is 3.35. The first-order valence-electron chi connectivity index (χ1n) is 10.8. The van der Waals surface area contributed by atoms with Crippen LogP contribution in [0.15, 0.2) is 41.3 Å². The molecule has 1 saturated heterocycles. The summed E-state index contributed by atoms with van der Waals surface area (Å²) in [6.45, 7) is 1.26. The minimum Gasteiger partial charge on any atom is -0.494 e. The van der Waals surface area contributed by atoms with E-state index in [-0.39, 0.29) is 22.8 Å². The Morgan fingerprint density at radius 3 is 2.76 bits per heavy atom. The molecule has 0 amide bonds. The molecule has 0 saturated carbocycles. The van der Waals surface area contributed by atoms with E-state index in [0.29, 0.717) is 23.8 Å². The molecule has 2 N–H and O–H groups in total. The number of aromatic amines is 1. The zero-order valence-corrected chi connectivity index (χ0v) is 18.4. The number of anilines is 1. The number of rotatable bonds is 4. The minimum absolute atomic E-state index is 0.00563. The van der Waals surface area contributed by atoms with E-state index in [2.05, 4.69) is 9.97 Å². The van der Waals surface area contributed by atoms with Gasteiger partial charge in [-0.15, -0.1) is 0 Å². The first-order chi connectivity index (χ1) is 15.8. The number of hydrogen-bond acceptors (Lipinski definition) is 6. The number of aryl methyl sites for hydroxylation is 1. The van der Waals surface area contributed by atoms with Crippen molar-refractivity contribution in [1.29, 1.82) is 0 Å². The number of pyridine rings is 1. The third-order valence-corrected chi connectivity index (χ3v) is 7.23. The maximum atomic E-state index is 12.8. The number of aromatic nitrogens is 2. The number of H-pyrrole nitrogens is 1. The zero-order chi connectivity index (χ0) is 23.2. The lowest BCUT2D eigenvalue weighted by Crippen LogP contribution is -2.41. The molecule has 33 heavy (non-hydrogen) atoms. The number of benzene rings is 1. The van der Waals surface area contributed by atoms with E-state index in [1.807, 2.05) is 23.1 Å². The van der Waals surface area contributed by atoms with Gasteiger partial charge in [0.1, 0.15) is 17.7 Å². The van der Waals surface area contributed by atoms with Crippen molar-refractivity contribution in [2.45, 2.75) is 43.9 Å². The van der Waals surface area contributed by atoms with Gasteiger partial charge in [-0.05, 0) is 61.1 Å². The number of halogens is 3. The van der Waals surface area contributed by atoms with Crippen molar-refractivity contribution in [2.24, 2.45) is 0 Å². The number of piperidine rings is 1. The number of ether oxygens (including phenoxy) is 1. The van der Waals surface area contributed by atoms with Gasteiger partial charge in [0.2, 0.25) is 5.88 Å². The Morgan fingerprint density at radius 2 is 2.06 bits per heavy atom. The van der Waals surface area contributed by atoms with Crippen LogP contribution in [0.5, 0.6) is 11.6 Å². The Hall–Kier alpha value is -3.01. The van der Waals surface area contributed by atoms with E-state index in [4.69, 9.17) is 4.74 Å². The summed E-state index contributed by atoms with van der Waals surface area (Å²) in [5.74, 6) is 1.20. The maximum Gasteiger partial charge on any atom is 0.417 e. The number of fused-ring (bicyclic) bond motifs is 1. The summed E-state index contributed by atoms with van der Waals surface area (Å²) < 4.78 is 44.6. The van der Waals surface area contributed by atoms with Gasteiger partial charge < -0.3 is 14.7 Å². The summed E-state index contributed by atoms with van der Waals surface area (Å²) in [5.41, 5.74) is 1.47. The molecule has 5 rings (SSSR count). The Labute approximate surface area is 191 Å². The fraction of sp³-hybridized carbons (Fsp3) is 0.391. The Balaban J connectivity index is 1.27. The second kappa shape index (κ2) is 8.40. The van der Waals surface area contributed by atoms with Crippen molar-refractivity contribution >= 4 is 17.2 Å². The molecule has 1 aliphatic heterocycles. The highest BCUT2D eigenvalue weighted by Crippen LogP contribution is 2.43. The van der Waals surface area contributed by atoms with E-state index in [9.17, 15) is 23.1 Å². The molecule has 3 aromatic rings. The quantitative estimate of drug-likeness (QED) is 0.571. The number of nitrogens with zero attached hydrogens (tertiary/aromatic N) is 2. The fourth-order valence-corrected chi connectivity index (χ4v) is 5.57. The van der Waals surface area contributed by atoms with Crippen LogP contribution in [-0.4, -0.2) is 34.3 Å². The van der Waals surface area contributed by atoms with Crippen molar-refractivity contribution in [3.05, 3.63) is 67.8 Å². The lowest BCUT2D eigenvalue weighted by molar-refractivity contribution is -0.137. The molecular formula is C23H22F3N3O3S. The zero-order valence-electron chi connectivity index (χ0n) is 17.6. The predicted molar refractivity (Wildman–Crippen MR) is 118 cm³/mol. The van der Waals surface area contributed by atoms with Gasteiger partial charge in [0, 0.05) is 18.7 Å². The molecule has 1 aromatic carbocycles. The van der Waals surface area contributed by atoms with Crippen molar-refractivity contribution in [2.75, 3.05) is 18.0 Å². The van der Waals surface area contributed by atoms with Crippen molar-refractivity contribution in [1.82, 2.24) is 9.97 Å². The maximum absolute atomic E-state index is 12.8. The Morgan fingerprint density at radius 1 is 1.21 bits per heavy atom. The van der Waals surface area contributed by atoms with Gasteiger partial charge in [0.05, 0.1) is 17.0 Å². The van der Waals surface area contributed by atoms with E-state index in [1.54, 1.807) is 0 Å². The third kappa shape index (κ3) is 4.44. The Bertz CT molecular complexity index is 1210. The smallest absolute Gasteiger partial charge is 0.417 e. The van der Waals surface area contributed by atoms with Crippen LogP contribution in [0.2, 0.25) is 0 Å². The van der Waals surface area contributed by atoms with Crippen LogP contribution in [0.1, 0.15) is 46.7 Å². The molecule has 1 fully saturated rings. The van der Waals surface area contributed by atoms with Crippen LogP contribution in [0.25, 0.3) is 0 Å².